The predicted octanol–water partition coefficient (Wildman–Crippen LogP) is 4.08. The van der Waals surface area contributed by atoms with Crippen LogP contribution in [0.5, 0.6) is 0 Å². The van der Waals surface area contributed by atoms with Crippen molar-refractivity contribution in [3.8, 4) is 0 Å². The van der Waals surface area contributed by atoms with Crippen molar-refractivity contribution in [1.82, 2.24) is 9.88 Å². The van der Waals surface area contributed by atoms with Crippen LogP contribution >= 0.6 is 0 Å². The number of aromatic nitrogens is 1. The van der Waals surface area contributed by atoms with Crippen LogP contribution in [0.3, 0.4) is 0 Å². The van der Waals surface area contributed by atoms with Crippen LogP contribution in [0, 0.1) is 0 Å². The average Bonchev–Trinajstić information content (AvgIpc) is 2.97. The Morgan fingerprint density at radius 2 is 2.32 bits per heavy atom. The second kappa shape index (κ2) is 8.51. The van der Waals surface area contributed by atoms with Crippen LogP contribution in [-0.4, -0.2) is 35.7 Å². The van der Waals surface area contributed by atoms with E-state index in [0.717, 1.165) is 32.4 Å². The minimum absolute atomic E-state index is 0.393. The van der Waals surface area contributed by atoms with Gasteiger partial charge in [-0.05, 0) is 37.1 Å². The summed E-state index contributed by atoms with van der Waals surface area (Å²) in [5.41, 5.74) is 1.20. The third-order valence-electron chi connectivity index (χ3n) is 3.87. The SMILES string of the molecule is CCCCOC(=O)Nc1cc(C2C=CN(CCC)CC2)c[nH]1. The Morgan fingerprint density at radius 3 is 3.00 bits per heavy atom. The molecule has 2 rings (SSSR count). The zero-order valence-corrected chi connectivity index (χ0v) is 13.6. The molecule has 5 heteroatoms. The molecule has 0 fully saturated rings. The normalized spacial score (nSPS) is 17.5. The number of amides is 1. The van der Waals surface area contributed by atoms with Gasteiger partial charge in [-0.3, -0.25) is 5.32 Å². The van der Waals surface area contributed by atoms with Crippen LogP contribution in [0.2, 0.25) is 0 Å². The van der Waals surface area contributed by atoms with Gasteiger partial charge in [-0.25, -0.2) is 4.79 Å². The molecular weight excluding hydrogens is 278 g/mol. The number of aromatic amines is 1. The van der Waals surface area contributed by atoms with Crippen LogP contribution in [-0.2, 0) is 4.74 Å². The van der Waals surface area contributed by atoms with Crippen LogP contribution in [0.15, 0.2) is 24.5 Å². The van der Waals surface area contributed by atoms with Crippen molar-refractivity contribution in [2.24, 2.45) is 0 Å². The van der Waals surface area contributed by atoms with Gasteiger partial charge in [0.2, 0.25) is 0 Å². The summed E-state index contributed by atoms with van der Waals surface area (Å²) in [5.74, 6) is 1.11. The Hall–Kier alpha value is -1.91. The molecule has 1 atom stereocenters. The minimum atomic E-state index is -0.393. The molecule has 0 spiro atoms. The Labute approximate surface area is 132 Å². The number of nitrogens with one attached hydrogen (secondary N) is 2. The molecule has 2 N–H and O–H groups in total. The molecule has 0 bridgehead atoms. The molecule has 1 aliphatic heterocycles. The quantitative estimate of drug-likeness (QED) is 0.746. The highest BCUT2D eigenvalue weighted by atomic mass is 16.5. The highest BCUT2D eigenvalue weighted by molar-refractivity contribution is 5.83. The number of ether oxygens (including phenoxy) is 1. The fraction of sp³-hybridized carbons (Fsp3) is 0.588. The second-order valence-electron chi connectivity index (χ2n) is 5.73. The van der Waals surface area contributed by atoms with Gasteiger partial charge in [0.25, 0.3) is 0 Å². The average molecular weight is 305 g/mol. The molecule has 0 aliphatic carbocycles. The van der Waals surface area contributed by atoms with Crippen molar-refractivity contribution >= 4 is 11.9 Å². The third kappa shape index (κ3) is 4.83. The van der Waals surface area contributed by atoms with Gasteiger partial charge in [0.15, 0.2) is 0 Å². The maximum Gasteiger partial charge on any atom is 0.412 e. The largest absolute Gasteiger partial charge is 0.449 e. The molecule has 1 aliphatic rings. The number of anilines is 1. The van der Waals surface area contributed by atoms with E-state index in [-0.39, 0.29) is 0 Å². The summed E-state index contributed by atoms with van der Waals surface area (Å²) in [6.45, 7) is 6.94. The first-order chi connectivity index (χ1) is 10.7. The maximum atomic E-state index is 11.6. The van der Waals surface area contributed by atoms with E-state index in [2.05, 4.69) is 41.3 Å². The number of unbranched alkanes of at least 4 members (excludes halogenated alkanes) is 1. The number of carbonyl (C=O) groups is 1. The summed E-state index contributed by atoms with van der Waals surface area (Å²) >= 11 is 0. The molecule has 0 radical (unpaired) electrons. The van der Waals surface area contributed by atoms with Crippen LogP contribution in [0.25, 0.3) is 0 Å². The predicted molar refractivity (Wildman–Crippen MR) is 89.0 cm³/mol. The van der Waals surface area contributed by atoms with Gasteiger partial charge >= 0.3 is 6.09 Å². The highest BCUT2D eigenvalue weighted by Gasteiger charge is 2.16. The molecule has 5 nitrogen and oxygen atoms in total. The molecule has 0 saturated carbocycles. The summed E-state index contributed by atoms with van der Waals surface area (Å²) in [4.78, 5) is 17.1. The maximum absolute atomic E-state index is 11.6. The standard InChI is InChI=1S/C17H27N3O2/c1-3-5-11-22-17(21)19-16-12-15(13-18-16)14-6-9-20(8-4-2)10-7-14/h6,9,12-14,18H,3-5,7-8,10-11H2,1-2H3,(H,19,21). The van der Waals surface area contributed by atoms with Gasteiger partial charge in [0.05, 0.1) is 6.61 Å². The fourth-order valence-corrected chi connectivity index (χ4v) is 2.61. The summed E-state index contributed by atoms with van der Waals surface area (Å²) in [6, 6.07) is 1.99. The summed E-state index contributed by atoms with van der Waals surface area (Å²) in [5, 5.41) is 2.74. The van der Waals surface area contributed by atoms with E-state index in [4.69, 9.17) is 4.74 Å². The number of hydrogen-bond acceptors (Lipinski definition) is 3. The van der Waals surface area contributed by atoms with Crippen molar-refractivity contribution in [1.29, 1.82) is 0 Å². The van der Waals surface area contributed by atoms with Gasteiger partial charge in [0, 0.05) is 25.2 Å². The van der Waals surface area contributed by atoms with E-state index in [1.54, 1.807) is 0 Å². The van der Waals surface area contributed by atoms with Crippen molar-refractivity contribution < 1.29 is 9.53 Å². The van der Waals surface area contributed by atoms with Crippen LogP contribution < -0.4 is 5.32 Å². The van der Waals surface area contributed by atoms with Gasteiger partial charge in [-0.2, -0.15) is 0 Å². The number of H-pyrrole nitrogens is 1. The number of nitrogens with zero attached hydrogens (tertiary/aromatic N) is 1. The van der Waals surface area contributed by atoms with Crippen molar-refractivity contribution in [2.45, 2.75) is 45.4 Å². The summed E-state index contributed by atoms with van der Waals surface area (Å²) in [7, 11) is 0. The van der Waals surface area contributed by atoms with E-state index in [1.807, 2.05) is 12.3 Å². The van der Waals surface area contributed by atoms with Crippen molar-refractivity contribution in [3.05, 3.63) is 30.1 Å². The lowest BCUT2D eigenvalue weighted by Gasteiger charge is -2.27. The zero-order chi connectivity index (χ0) is 15.8. The Balaban J connectivity index is 1.84. The molecular formula is C17H27N3O2. The van der Waals surface area contributed by atoms with Gasteiger partial charge in [-0.15, -0.1) is 0 Å². The molecule has 1 aromatic rings. The first kappa shape index (κ1) is 16.5. The second-order valence-corrected chi connectivity index (χ2v) is 5.73. The van der Waals surface area contributed by atoms with Crippen LogP contribution in [0.4, 0.5) is 10.6 Å². The monoisotopic (exact) mass is 305 g/mol. The van der Waals surface area contributed by atoms with Gasteiger partial charge in [0.1, 0.15) is 5.82 Å². The first-order valence-corrected chi connectivity index (χ1v) is 8.27. The van der Waals surface area contributed by atoms with E-state index >= 15 is 0 Å². The first-order valence-electron chi connectivity index (χ1n) is 8.27. The van der Waals surface area contributed by atoms with E-state index in [0.29, 0.717) is 18.3 Å². The minimum Gasteiger partial charge on any atom is -0.449 e. The van der Waals surface area contributed by atoms with E-state index in [9.17, 15) is 4.79 Å². The van der Waals surface area contributed by atoms with Crippen molar-refractivity contribution in [3.63, 3.8) is 0 Å². The molecule has 2 heterocycles. The number of carbonyl (C=O) groups excluding carboxylic acids is 1. The lowest BCUT2D eigenvalue weighted by molar-refractivity contribution is 0.160. The Morgan fingerprint density at radius 1 is 1.45 bits per heavy atom. The van der Waals surface area contributed by atoms with E-state index in [1.165, 1.54) is 12.0 Å². The smallest absolute Gasteiger partial charge is 0.412 e. The van der Waals surface area contributed by atoms with Gasteiger partial charge in [-0.1, -0.05) is 26.3 Å². The lowest BCUT2D eigenvalue weighted by atomic mass is 9.96. The fourth-order valence-electron chi connectivity index (χ4n) is 2.61. The Kier molecular flexibility index (Phi) is 6.37. The lowest BCUT2D eigenvalue weighted by Crippen LogP contribution is -2.24. The number of hydrogen-bond donors (Lipinski definition) is 2. The molecule has 0 saturated heterocycles. The van der Waals surface area contributed by atoms with E-state index < -0.39 is 6.09 Å². The van der Waals surface area contributed by atoms with Gasteiger partial charge < -0.3 is 14.6 Å². The molecule has 1 aromatic heterocycles. The molecule has 122 valence electrons. The summed E-state index contributed by atoms with van der Waals surface area (Å²) < 4.78 is 5.09. The molecule has 1 unspecified atom stereocenters. The topological polar surface area (TPSA) is 57.4 Å². The van der Waals surface area contributed by atoms with Crippen LogP contribution in [0.1, 0.15) is 51.0 Å². The van der Waals surface area contributed by atoms with Crippen molar-refractivity contribution in [2.75, 3.05) is 25.0 Å². The number of allylic oxidation sites excluding steroid dienone is 1. The molecule has 22 heavy (non-hydrogen) atoms. The number of rotatable bonds is 7. The third-order valence-corrected chi connectivity index (χ3v) is 3.87. The Bertz CT molecular complexity index is 496. The molecule has 1 amide bonds. The highest BCUT2D eigenvalue weighted by Crippen LogP contribution is 2.27. The summed E-state index contributed by atoms with van der Waals surface area (Å²) in [6.07, 6.45) is 10.2. The zero-order valence-electron chi connectivity index (χ0n) is 13.6. The molecule has 0 aromatic carbocycles.